The highest BCUT2D eigenvalue weighted by molar-refractivity contribution is 5.68. The molecule has 1 amide bonds. The highest BCUT2D eigenvalue weighted by atomic mass is 16.6. The fraction of sp³-hybridized carbons (Fsp3) is 0.350. The molecule has 2 N–H and O–H groups in total. The van der Waals surface area contributed by atoms with Crippen LogP contribution >= 0.6 is 0 Å². The summed E-state index contributed by atoms with van der Waals surface area (Å²) in [4.78, 5) is 28.7. The summed E-state index contributed by atoms with van der Waals surface area (Å²) in [5.74, 6) is 0.109. The number of nitrogens with zero attached hydrogens (tertiary/aromatic N) is 3. The Labute approximate surface area is 161 Å². The Morgan fingerprint density at radius 2 is 2.07 bits per heavy atom. The van der Waals surface area contributed by atoms with Gasteiger partial charge in [-0.25, -0.2) is 4.79 Å². The molecule has 2 unspecified atom stereocenters. The van der Waals surface area contributed by atoms with Crippen molar-refractivity contribution in [3.63, 3.8) is 0 Å². The molecule has 1 aliphatic rings. The van der Waals surface area contributed by atoms with Crippen molar-refractivity contribution in [1.82, 2.24) is 19.5 Å². The number of aromatic nitrogens is 3. The summed E-state index contributed by atoms with van der Waals surface area (Å²) in [6.07, 6.45) is 1.29. The molecule has 2 aromatic heterocycles. The molecular formula is C20H22N4O4. The minimum atomic E-state index is -0.409. The molecule has 0 saturated carbocycles. The van der Waals surface area contributed by atoms with Gasteiger partial charge in [0.05, 0.1) is 17.8 Å². The standard InChI is InChI=1S/C20H22N4O4/c1-13-7-8-16(15-9-17-21-18(25)10-19(26)24(17)22-15)23(11-13)20(27)28-12-14-5-3-2-4-6-14/h2-6,9-10,13,16,26H,7-8,11-12H2,1H3,(H,21,25). The van der Waals surface area contributed by atoms with Crippen LogP contribution in [0.5, 0.6) is 5.88 Å². The van der Waals surface area contributed by atoms with Crippen LogP contribution in [0, 0.1) is 5.92 Å². The van der Waals surface area contributed by atoms with Crippen molar-refractivity contribution in [2.45, 2.75) is 32.4 Å². The number of benzene rings is 1. The Kier molecular flexibility index (Phi) is 4.77. The molecule has 8 heteroatoms. The van der Waals surface area contributed by atoms with Crippen molar-refractivity contribution in [2.75, 3.05) is 6.54 Å². The smallest absolute Gasteiger partial charge is 0.410 e. The summed E-state index contributed by atoms with van der Waals surface area (Å²) in [7, 11) is 0. The summed E-state index contributed by atoms with van der Waals surface area (Å²) in [5.41, 5.74) is 1.51. The van der Waals surface area contributed by atoms with Crippen LogP contribution < -0.4 is 5.56 Å². The highest BCUT2D eigenvalue weighted by Gasteiger charge is 2.34. The van der Waals surface area contributed by atoms with Crippen molar-refractivity contribution >= 4 is 11.7 Å². The molecule has 0 aliphatic carbocycles. The van der Waals surface area contributed by atoms with E-state index in [1.165, 1.54) is 4.52 Å². The maximum Gasteiger partial charge on any atom is 0.410 e. The van der Waals surface area contributed by atoms with Crippen LogP contribution in [0.1, 0.15) is 37.1 Å². The molecule has 1 aliphatic heterocycles. The van der Waals surface area contributed by atoms with Crippen LogP contribution in [0.25, 0.3) is 5.65 Å². The van der Waals surface area contributed by atoms with Gasteiger partial charge < -0.3 is 14.8 Å². The number of carbonyl (C=O) groups is 1. The van der Waals surface area contributed by atoms with Gasteiger partial charge in [0.25, 0.3) is 5.56 Å². The van der Waals surface area contributed by atoms with Gasteiger partial charge in [-0.15, -0.1) is 0 Å². The number of nitrogens with one attached hydrogen (secondary N) is 1. The largest absolute Gasteiger partial charge is 0.493 e. The third-order valence-corrected chi connectivity index (χ3v) is 5.06. The lowest BCUT2D eigenvalue weighted by Gasteiger charge is -2.36. The van der Waals surface area contributed by atoms with Gasteiger partial charge in [-0.3, -0.25) is 9.69 Å². The van der Waals surface area contributed by atoms with Crippen LogP contribution in [0.3, 0.4) is 0 Å². The van der Waals surface area contributed by atoms with Crippen LogP contribution in [-0.2, 0) is 11.3 Å². The van der Waals surface area contributed by atoms with Crippen LogP contribution in [-0.4, -0.2) is 37.2 Å². The average Bonchev–Trinajstić information content (AvgIpc) is 3.11. The zero-order valence-electron chi connectivity index (χ0n) is 15.5. The average molecular weight is 382 g/mol. The maximum absolute atomic E-state index is 12.8. The molecule has 1 aromatic carbocycles. The Balaban J connectivity index is 1.58. The number of likely N-dealkylation sites (tertiary alicyclic amines) is 1. The Bertz CT molecular complexity index is 1040. The second-order valence-electron chi connectivity index (χ2n) is 7.25. The second kappa shape index (κ2) is 7.38. The van der Waals surface area contributed by atoms with Gasteiger partial charge in [-0.1, -0.05) is 37.3 Å². The van der Waals surface area contributed by atoms with Gasteiger partial charge in [-0.2, -0.15) is 9.61 Å². The zero-order chi connectivity index (χ0) is 19.7. The predicted octanol–water partition coefficient (Wildman–Crippen LogP) is 2.84. The number of carbonyl (C=O) groups excluding carboxylic acids is 1. The lowest BCUT2D eigenvalue weighted by Crippen LogP contribution is -2.42. The number of rotatable bonds is 3. The van der Waals surface area contributed by atoms with E-state index in [1.807, 2.05) is 30.3 Å². The number of aromatic hydroxyl groups is 1. The summed E-state index contributed by atoms with van der Waals surface area (Å²) < 4.78 is 6.80. The van der Waals surface area contributed by atoms with Crippen LogP contribution in [0.2, 0.25) is 0 Å². The zero-order valence-corrected chi connectivity index (χ0v) is 15.5. The van der Waals surface area contributed by atoms with E-state index < -0.39 is 11.7 Å². The molecule has 3 aromatic rings. The van der Waals surface area contributed by atoms with E-state index in [2.05, 4.69) is 17.0 Å². The van der Waals surface area contributed by atoms with E-state index >= 15 is 0 Å². The van der Waals surface area contributed by atoms with Crippen LogP contribution in [0.4, 0.5) is 4.79 Å². The van der Waals surface area contributed by atoms with Crippen LogP contribution in [0.15, 0.2) is 47.3 Å². The Morgan fingerprint density at radius 1 is 1.29 bits per heavy atom. The number of hydrogen-bond donors (Lipinski definition) is 2. The second-order valence-corrected chi connectivity index (χ2v) is 7.25. The molecule has 0 spiro atoms. The van der Waals surface area contributed by atoms with Crippen molar-refractivity contribution in [2.24, 2.45) is 5.92 Å². The first-order valence-corrected chi connectivity index (χ1v) is 9.30. The lowest BCUT2D eigenvalue weighted by molar-refractivity contribution is 0.0553. The number of H-pyrrole nitrogens is 1. The van der Waals surface area contributed by atoms with Gasteiger partial charge in [0.2, 0.25) is 5.88 Å². The predicted molar refractivity (Wildman–Crippen MR) is 102 cm³/mol. The molecule has 28 heavy (non-hydrogen) atoms. The SMILES string of the molecule is CC1CCC(c2cc3[nH]c(=O)cc(O)n3n2)N(C(=O)OCc2ccccc2)C1. The molecule has 4 rings (SSSR count). The molecule has 3 heterocycles. The summed E-state index contributed by atoms with van der Waals surface area (Å²) in [6.45, 7) is 2.87. The Hall–Kier alpha value is -3.29. The van der Waals surface area contributed by atoms with Crippen molar-refractivity contribution in [3.05, 3.63) is 64.1 Å². The number of piperidine rings is 1. The highest BCUT2D eigenvalue weighted by Crippen LogP contribution is 2.33. The minimum Gasteiger partial charge on any atom is -0.493 e. The number of hydrogen-bond acceptors (Lipinski definition) is 5. The van der Waals surface area contributed by atoms with Gasteiger partial charge in [0.1, 0.15) is 12.3 Å². The van der Waals surface area contributed by atoms with E-state index in [4.69, 9.17) is 4.74 Å². The van der Waals surface area contributed by atoms with E-state index in [1.54, 1.807) is 11.0 Å². The molecule has 2 atom stereocenters. The van der Waals surface area contributed by atoms with Crippen molar-refractivity contribution in [1.29, 1.82) is 0 Å². The fourth-order valence-electron chi connectivity index (χ4n) is 3.63. The van der Waals surface area contributed by atoms with E-state index in [0.717, 1.165) is 24.5 Å². The summed E-state index contributed by atoms with van der Waals surface area (Å²) >= 11 is 0. The molecular weight excluding hydrogens is 360 g/mol. The summed E-state index contributed by atoms with van der Waals surface area (Å²) in [5, 5.41) is 14.4. The lowest BCUT2D eigenvalue weighted by atomic mass is 9.93. The number of ether oxygens (including phenoxy) is 1. The molecule has 1 saturated heterocycles. The third-order valence-electron chi connectivity index (χ3n) is 5.06. The number of aromatic amines is 1. The van der Waals surface area contributed by atoms with Crippen molar-refractivity contribution < 1.29 is 14.6 Å². The van der Waals surface area contributed by atoms with E-state index in [9.17, 15) is 14.7 Å². The maximum atomic E-state index is 12.8. The molecule has 0 radical (unpaired) electrons. The normalized spacial score (nSPS) is 19.7. The summed E-state index contributed by atoms with van der Waals surface area (Å²) in [6, 6.07) is 12.0. The number of amides is 1. The first kappa shape index (κ1) is 18.1. The van der Waals surface area contributed by atoms with E-state index in [-0.39, 0.29) is 18.5 Å². The number of fused-ring (bicyclic) bond motifs is 1. The van der Waals surface area contributed by atoms with E-state index in [0.29, 0.717) is 23.8 Å². The quantitative estimate of drug-likeness (QED) is 0.726. The molecule has 8 nitrogen and oxygen atoms in total. The van der Waals surface area contributed by atoms with Gasteiger partial charge in [-0.05, 0) is 24.3 Å². The monoisotopic (exact) mass is 382 g/mol. The van der Waals surface area contributed by atoms with Crippen molar-refractivity contribution in [3.8, 4) is 5.88 Å². The van der Waals surface area contributed by atoms with Gasteiger partial charge in [0, 0.05) is 12.6 Å². The first-order valence-electron chi connectivity index (χ1n) is 9.30. The van der Waals surface area contributed by atoms with Gasteiger partial charge in [0.15, 0.2) is 0 Å². The van der Waals surface area contributed by atoms with Gasteiger partial charge >= 0.3 is 6.09 Å². The fourth-order valence-corrected chi connectivity index (χ4v) is 3.63. The topological polar surface area (TPSA) is 99.9 Å². The molecule has 146 valence electrons. The molecule has 1 fully saturated rings. The third kappa shape index (κ3) is 3.58. The molecule has 0 bridgehead atoms. The first-order chi connectivity index (χ1) is 13.5. The minimum absolute atomic E-state index is 0.205. The Morgan fingerprint density at radius 3 is 2.86 bits per heavy atom.